The third kappa shape index (κ3) is 4.30. The van der Waals surface area contributed by atoms with Gasteiger partial charge in [0.15, 0.2) is 0 Å². The average molecular weight is 342 g/mol. The lowest BCUT2D eigenvalue weighted by Gasteiger charge is -2.26. The summed E-state index contributed by atoms with van der Waals surface area (Å²) >= 11 is 3.41. The largest absolute Gasteiger partial charge is 0.478 e. The molecule has 1 saturated carbocycles. The average Bonchev–Trinajstić information content (AvgIpc) is 2.40. The Bertz CT molecular complexity index is 478. The fourth-order valence-electron chi connectivity index (χ4n) is 2.68. The SMILES string of the molecule is O=C(O)c1ccc(CNCC2CCCC(O)C2)c(Br)c1. The van der Waals surface area contributed by atoms with E-state index < -0.39 is 5.97 Å². The topological polar surface area (TPSA) is 69.6 Å². The van der Waals surface area contributed by atoms with Gasteiger partial charge in [0.2, 0.25) is 0 Å². The van der Waals surface area contributed by atoms with Gasteiger partial charge in [0, 0.05) is 11.0 Å². The highest BCUT2D eigenvalue weighted by molar-refractivity contribution is 9.10. The molecule has 4 nitrogen and oxygen atoms in total. The quantitative estimate of drug-likeness (QED) is 0.770. The van der Waals surface area contributed by atoms with Crippen molar-refractivity contribution in [2.24, 2.45) is 5.92 Å². The number of aromatic carboxylic acids is 1. The molecule has 1 fully saturated rings. The van der Waals surface area contributed by atoms with E-state index in [1.807, 2.05) is 6.07 Å². The Kier molecular flexibility index (Phi) is 5.57. The first-order valence-corrected chi connectivity index (χ1v) is 7.76. The summed E-state index contributed by atoms with van der Waals surface area (Å²) in [6.45, 7) is 1.59. The van der Waals surface area contributed by atoms with Crippen LogP contribution in [0.5, 0.6) is 0 Å². The Morgan fingerprint density at radius 1 is 1.40 bits per heavy atom. The fourth-order valence-corrected chi connectivity index (χ4v) is 3.20. The lowest BCUT2D eigenvalue weighted by molar-refractivity contribution is 0.0696. The second-order valence-electron chi connectivity index (χ2n) is 5.43. The number of nitrogens with one attached hydrogen (secondary N) is 1. The zero-order chi connectivity index (χ0) is 14.5. The van der Waals surface area contributed by atoms with Crippen molar-refractivity contribution in [1.82, 2.24) is 5.32 Å². The number of aliphatic hydroxyl groups is 1. The summed E-state index contributed by atoms with van der Waals surface area (Å²) in [5.41, 5.74) is 1.34. The summed E-state index contributed by atoms with van der Waals surface area (Å²) in [5.74, 6) is -0.378. The first-order valence-electron chi connectivity index (χ1n) is 6.96. The number of hydrogen-bond donors (Lipinski definition) is 3. The van der Waals surface area contributed by atoms with Crippen molar-refractivity contribution in [3.8, 4) is 0 Å². The van der Waals surface area contributed by atoms with E-state index in [1.54, 1.807) is 12.1 Å². The van der Waals surface area contributed by atoms with E-state index in [2.05, 4.69) is 21.2 Å². The molecular formula is C15H20BrNO3. The smallest absolute Gasteiger partial charge is 0.335 e. The maximum Gasteiger partial charge on any atom is 0.335 e. The molecule has 1 aliphatic carbocycles. The van der Waals surface area contributed by atoms with E-state index in [4.69, 9.17) is 5.11 Å². The predicted molar refractivity (Wildman–Crippen MR) is 80.8 cm³/mol. The van der Waals surface area contributed by atoms with Crippen LogP contribution < -0.4 is 5.32 Å². The van der Waals surface area contributed by atoms with Gasteiger partial charge in [-0.1, -0.05) is 28.4 Å². The molecule has 0 radical (unpaired) electrons. The maximum absolute atomic E-state index is 10.9. The highest BCUT2D eigenvalue weighted by Gasteiger charge is 2.19. The molecule has 2 unspecified atom stereocenters. The van der Waals surface area contributed by atoms with Gasteiger partial charge in [-0.2, -0.15) is 0 Å². The Hall–Kier alpha value is -0.910. The van der Waals surface area contributed by atoms with Crippen molar-refractivity contribution in [3.63, 3.8) is 0 Å². The zero-order valence-electron chi connectivity index (χ0n) is 11.3. The summed E-state index contributed by atoms with van der Waals surface area (Å²) < 4.78 is 0.813. The van der Waals surface area contributed by atoms with E-state index in [0.29, 0.717) is 12.5 Å². The van der Waals surface area contributed by atoms with Crippen molar-refractivity contribution >= 4 is 21.9 Å². The van der Waals surface area contributed by atoms with E-state index in [9.17, 15) is 9.90 Å². The number of hydrogen-bond acceptors (Lipinski definition) is 3. The molecule has 2 atom stereocenters. The summed E-state index contributed by atoms with van der Waals surface area (Å²) in [4.78, 5) is 10.9. The Morgan fingerprint density at radius 3 is 2.85 bits per heavy atom. The minimum atomic E-state index is -0.915. The molecule has 0 aromatic heterocycles. The molecule has 5 heteroatoms. The van der Waals surface area contributed by atoms with Crippen LogP contribution in [0.3, 0.4) is 0 Å². The molecule has 20 heavy (non-hydrogen) atoms. The third-order valence-electron chi connectivity index (χ3n) is 3.80. The van der Waals surface area contributed by atoms with Crippen LogP contribution in [0.15, 0.2) is 22.7 Å². The Balaban J connectivity index is 1.83. The highest BCUT2D eigenvalue weighted by atomic mass is 79.9. The molecule has 0 saturated heterocycles. The van der Waals surface area contributed by atoms with Crippen molar-refractivity contribution in [1.29, 1.82) is 0 Å². The standard InChI is InChI=1S/C15H20BrNO3/c16-14-7-11(15(19)20)4-5-12(14)9-17-8-10-2-1-3-13(18)6-10/h4-5,7,10,13,17-18H,1-3,6,8-9H2,(H,19,20). The van der Waals surface area contributed by atoms with Crippen molar-refractivity contribution in [3.05, 3.63) is 33.8 Å². The van der Waals surface area contributed by atoms with Crippen LogP contribution in [0, 0.1) is 5.92 Å². The van der Waals surface area contributed by atoms with E-state index >= 15 is 0 Å². The van der Waals surface area contributed by atoms with E-state index in [1.165, 1.54) is 6.42 Å². The van der Waals surface area contributed by atoms with E-state index in [-0.39, 0.29) is 11.7 Å². The number of carboxylic acid groups (broad SMARTS) is 1. The summed E-state index contributed by atoms with van der Waals surface area (Å²) in [7, 11) is 0. The van der Waals surface area contributed by atoms with Gasteiger partial charge >= 0.3 is 5.97 Å². The zero-order valence-corrected chi connectivity index (χ0v) is 12.9. The number of halogens is 1. The summed E-state index contributed by atoms with van der Waals surface area (Å²) in [6.07, 6.45) is 3.94. The van der Waals surface area contributed by atoms with Gasteiger partial charge in [0.1, 0.15) is 0 Å². The van der Waals surface area contributed by atoms with Gasteiger partial charge in [-0.15, -0.1) is 0 Å². The minimum absolute atomic E-state index is 0.142. The molecule has 0 heterocycles. The molecule has 2 rings (SSSR count). The van der Waals surface area contributed by atoms with Crippen LogP contribution in [-0.2, 0) is 6.54 Å². The van der Waals surface area contributed by atoms with Crippen molar-refractivity contribution in [2.75, 3.05) is 6.54 Å². The molecule has 110 valence electrons. The monoisotopic (exact) mass is 341 g/mol. The van der Waals surface area contributed by atoms with Gasteiger partial charge in [-0.3, -0.25) is 0 Å². The molecule has 0 amide bonds. The van der Waals surface area contributed by atoms with Crippen LogP contribution >= 0.6 is 15.9 Å². The molecule has 0 spiro atoms. The van der Waals surface area contributed by atoms with E-state index in [0.717, 1.165) is 35.8 Å². The summed E-state index contributed by atoms with van der Waals surface area (Å²) in [5, 5.41) is 21.9. The molecule has 1 aromatic rings. The van der Waals surface area contributed by atoms with Gasteiger partial charge in [0.25, 0.3) is 0 Å². The highest BCUT2D eigenvalue weighted by Crippen LogP contribution is 2.24. The predicted octanol–water partition coefficient (Wildman–Crippen LogP) is 2.79. The molecular weight excluding hydrogens is 322 g/mol. The number of carboxylic acids is 1. The third-order valence-corrected chi connectivity index (χ3v) is 4.54. The second kappa shape index (κ2) is 7.20. The van der Waals surface area contributed by atoms with Crippen LogP contribution in [0.2, 0.25) is 0 Å². The van der Waals surface area contributed by atoms with Crippen molar-refractivity contribution < 1.29 is 15.0 Å². The Labute approximate surface area is 127 Å². The van der Waals surface area contributed by atoms with Gasteiger partial charge in [-0.25, -0.2) is 4.79 Å². The number of aliphatic hydroxyl groups excluding tert-OH is 1. The lowest BCUT2D eigenvalue weighted by Crippen LogP contribution is -2.29. The Morgan fingerprint density at radius 2 is 2.20 bits per heavy atom. The van der Waals surface area contributed by atoms with Gasteiger partial charge < -0.3 is 15.5 Å². The fraction of sp³-hybridized carbons (Fsp3) is 0.533. The maximum atomic E-state index is 10.9. The summed E-state index contributed by atoms with van der Waals surface area (Å²) in [6, 6.07) is 5.08. The van der Waals surface area contributed by atoms with Crippen LogP contribution in [-0.4, -0.2) is 28.8 Å². The van der Waals surface area contributed by atoms with Crippen molar-refractivity contribution in [2.45, 2.75) is 38.3 Å². The number of rotatable bonds is 5. The molecule has 3 N–H and O–H groups in total. The van der Waals surface area contributed by atoms with Crippen LogP contribution in [0.4, 0.5) is 0 Å². The normalized spacial score (nSPS) is 22.7. The number of benzene rings is 1. The number of carbonyl (C=O) groups is 1. The van der Waals surface area contributed by atoms with Gasteiger partial charge in [0.05, 0.1) is 11.7 Å². The molecule has 0 aliphatic heterocycles. The molecule has 1 aromatic carbocycles. The lowest BCUT2D eigenvalue weighted by atomic mass is 9.87. The minimum Gasteiger partial charge on any atom is -0.478 e. The van der Waals surface area contributed by atoms with Gasteiger partial charge in [-0.05, 0) is 49.4 Å². The molecule has 0 bridgehead atoms. The molecule has 1 aliphatic rings. The van der Waals surface area contributed by atoms with Crippen LogP contribution in [0.1, 0.15) is 41.6 Å². The first-order chi connectivity index (χ1) is 9.56. The van der Waals surface area contributed by atoms with Crippen LogP contribution in [0.25, 0.3) is 0 Å². The second-order valence-corrected chi connectivity index (χ2v) is 6.28. The first kappa shape index (κ1) is 15.5.